The third-order valence-electron chi connectivity index (χ3n) is 3.24. The number of carbonyl (C=O) groups is 2. The Hall–Kier alpha value is -3.08. The Balaban J connectivity index is 2.10. The molecule has 0 spiro atoms. The maximum absolute atomic E-state index is 12.5. The van der Waals surface area contributed by atoms with Crippen molar-refractivity contribution in [3.63, 3.8) is 0 Å². The minimum absolute atomic E-state index is 0.0463. The van der Waals surface area contributed by atoms with Gasteiger partial charge in [-0.15, -0.1) is 0 Å². The van der Waals surface area contributed by atoms with Crippen molar-refractivity contribution < 1.29 is 19.8 Å². The number of aliphatic hydroxyl groups excluding tert-OH is 1. The monoisotopic (exact) mass is 281 g/mol. The van der Waals surface area contributed by atoms with Crippen LogP contribution in [0, 0.1) is 0 Å². The molecule has 2 N–H and O–H groups in total. The lowest BCUT2D eigenvalue weighted by Crippen LogP contribution is -2.31. The lowest BCUT2D eigenvalue weighted by atomic mass is 10.1. The molecule has 2 aromatic rings. The van der Waals surface area contributed by atoms with Gasteiger partial charge in [0, 0.05) is 0 Å². The average Bonchev–Trinajstić information content (AvgIpc) is 2.71. The Labute approximate surface area is 120 Å². The zero-order valence-electron chi connectivity index (χ0n) is 10.9. The fourth-order valence-electron chi connectivity index (χ4n) is 2.26. The summed E-state index contributed by atoms with van der Waals surface area (Å²) in [6.45, 7) is 0. The van der Waals surface area contributed by atoms with Gasteiger partial charge in [-0.3, -0.25) is 9.59 Å². The van der Waals surface area contributed by atoms with E-state index in [-0.39, 0.29) is 17.0 Å². The number of anilines is 1. The SMILES string of the molecule is O=C1C(O)=C(c2ccccc2)C(=O)N1c1ccccc1O. The van der Waals surface area contributed by atoms with E-state index in [4.69, 9.17) is 0 Å². The molecular formula is C16H11NO4. The Morgan fingerprint density at radius 3 is 2.05 bits per heavy atom. The van der Waals surface area contributed by atoms with Crippen molar-refractivity contribution in [1.82, 2.24) is 0 Å². The summed E-state index contributed by atoms with van der Waals surface area (Å²) in [6.07, 6.45) is 0. The van der Waals surface area contributed by atoms with Crippen LogP contribution in [0.25, 0.3) is 5.57 Å². The molecule has 0 aliphatic carbocycles. The number of imide groups is 1. The van der Waals surface area contributed by atoms with Crippen molar-refractivity contribution in [2.75, 3.05) is 4.90 Å². The van der Waals surface area contributed by atoms with Crippen LogP contribution in [0.5, 0.6) is 5.75 Å². The minimum Gasteiger partial charge on any atom is -0.506 e. The maximum atomic E-state index is 12.5. The molecule has 2 aromatic carbocycles. The van der Waals surface area contributed by atoms with Gasteiger partial charge in [0.2, 0.25) is 0 Å². The van der Waals surface area contributed by atoms with E-state index in [0.717, 1.165) is 4.90 Å². The van der Waals surface area contributed by atoms with Gasteiger partial charge in [0.05, 0.1) is 11.3 Å². The molecule has 21 heavy (non-hydrogen) atoms. The molecule has 1 aliphatic rings. The first-order chi connectivity index (χ1) is 10.1. The summed E-state index contributed by atoms with van der Waals surface area (Å²) in [5.74, 6) is -2.33. The van der Waals surface area contributed by atoms with Crippen LogP contribution in [0.1, 0.15) is 5.56 Å². The van der Waals surface area contributed by atoms with Crippen molar-refractivity contribution in [2.45, 2.75) is 0 Å². The fraction of sp³-hybridized carbons (Fsp3) is 0. The topological polar surface area (TPSA) is 77.8 Å². The molecule has 0 saturated heterocycles. The number of rotatable bonds is 2. The molecule has 3 rings (SSSR count). The largest absolute Gasteiger partial charge is 0.506 e. The van der Waals surface area contributed by atoms with Gasteiger partial charge in [-0.25, -0.2) is 4.90 Å². The zero-order chi connectivity index (χ0) is 15.0. The Bertz CT molecular complexity index is 765. The molecule has 5 nitrogen and oxygen atoms in total. The molecule has 1 aliphatic heterocycles. The third kappa shape index (κ3) is 1.95. The molecule has 0 atom stereocenters. The maximum Gasteiger partial charge on any atom is 0.301 e. The molecule has 0 radical (unpaired) electrons. The van der Waals surface area contributed by atoms with Crippen LogP contribution in [-0.4, -0.2) is 22.0 Å². The predicted molar refractivity (Wildman–Crippen MR) is 76.6 cm³/mol. The summed E-state index contributed by atoms with van der Waals surface area (Å²) in [7, 11) is 0. The van der Waals surface area contributed by atoms with Gasteiger partial charge in [-0.1, -0.05) is 42.5 Å². The fourth-order valence-corrected chi connectivity index (χ4v) is 2.26. The predicted octanol–water partition coefficient (Wildman–Crippen LogP) is 2.23. The molecule has 5 heteroatoms. The molecular weight excluding hydrogens is 270 g/mol. The highest BCUT2D eigenvalue weighted by atomic mass is 16.3. The number of hydrogen-bond donors (Lipinski definition) is 2. The third-order valence-corrected chi connectivity index (χ3v) is 3.24. The second-order valence-electron chi connectivity index (χ2n) is 4.52. The average molecular weight is 281 g/mol. The molecule has 1 heterocycles. The second-order valence-corrected chi connectivity index (χ2v) is 4.52. The summed E-state index contributed by atoms with van der Waals surface area (Å²) < 4.78 is 0. The lowest BCUT2D eigenvalue weighted by molar-refractivity contribution is -0.121. The molecule has 0 saturated carbocycles. The summed E-state index contributed by atoms with van der Waals surface area (Å²) in [5.41, 5.74) is 0.431. The van der Waals surface area contributed by atoms with E-state index in [1.54, 1.807) is 42.5 Å². The van der Waals surface area contributed by atoms with E-state index in [2.05, 4.69) is 0 Å². The summed E-state index contributed by atoms with van der Waals surface area (Å²) >= 11 is 0. The number of hydrogen-bond acceptors (Lipinski definition) is 4. The highest BCUT2D eigenvalue weighted by Gasteiger charge is 2.41. The minimum atomic E-state index is -0.847. The van der Waals surface area contributed by atoms with Crippen LogP contribution < -0.4 is 4.90 Å². The first-order valence-electron chi connectivity index (χ1n) is 6.26. The van der Waals surface area contributed by atoms with Crippen LogP contribution >= 0.6 is 0 Å². The van der Waals surface area contributed by atoms with E-state index in [9.17, 15) is 19.8 Å². The molecule has 0 unspecified atom stereocenters. The smallest absolute Gasteiger partial charge is 0.301 e. The molecule has 2 amide bonds. The number of amides is 2. The van der Waals surface area contributed by atoms with Gasteiger partial charge in [-0.05, 0) is 17.7 Å². The molecule has 0 bridgehead atoms. The number of para-hydroxylation sites is 2. The van der Waals surface area contributed by atoms with Crippen LogP contribution in [0.15, 0.2) is 60.4 Å². The van der Waals surface area contributed by atoms with E-state index in [1.807, 2.05) is 0 Å². The number of nitrogens with zero attached hydrogens (tertiary/aromatic N) is 1. The number of benzene rings is 2. The van der Waals surface area contributed by atoms with Gasteiger partial charge in [0.25, 0.3) is 5.91 Å². The van der Waals surface area contributed by atoms with Crippen molar-refractivity contribution >= 4 is 23.1 Å². The summed E-state index contributed by atoms with van der Waals surface area (Å²) in [6, 6.07) is 14.4. The van der Waals surface area contributed by atoms with Gasteiger partial charge in [-0.2, -0.15) is 0 Å². The normalized spacial score (nSPS) is 15.0. The quantitative estimate of drug-likeness (QED) is 0.827. The molecule has 0 aromatic heterocycles. The number of phenolic OH excluding ortho intramolecular Hbond substituents is 1. The standard InChI is InChI=1S/C16H11NO4/c18-12-9-5-4-8-11(12)17-15(20)13(14(19)16(17)21)10-6-2-1-3-7-10/h1-9,18-19H. The van der Waals surface area contributed by atoms with Gasteiger partial charge < -0.3 is 10.2 Å². The number of carbonyl (C=O) groups excluding carboxylic acids is 2. The van der Waals surface area contributed by atoms with Crippen LogP contribution in [0.3, 0.4) is 0 Å². The van der Waals surface area contributed by atoms with E-state index < -0.39 is 17.6 Å². The lowest BCUT2D eigenvalue weighted by Gasteiger charge is -2.15. The van der Waals surface area contributed by atoms with Gasteiger partial charge in [0.15, 0.2) is 5.76 Å². The Morgan fingerprint density at radius 2 is 1.38 bits per heavy atom. The van der Waals surface area contributed by atoms with Crippen LogP contribution in [0.4, 0.5) is 5.69 Å². The molecule has 104 valence electrons. The Kier molecular flexibility index (Phi) is 2.95. The van der Waals surface area contributed by atoms with E-state index in [1.165, 1.54) is 12.1 Å². The zero-order valence-corrected chi connectivity index (χ0v) is 10.9. The second kappa shape index (κ2) is 4.79. The van der Waals surface area contributed by atoms with Gasteiger partial charge in [0.1, 0.15) is 5.75 Å². The van der Waals surface area contributed by atoms with E-state index >= 15 is 0 Å². The van der Waals surface area contributed by atoms with Crippen molar-refractivity contribution in [1.29, 1.82) is 0 Å². The van der Waals surface area contributed by atoms with Gasteiger partial charge >= 0.3 is 5.91 Å². The van der Waals surface area contributed by atoms with Crippen molar-refractivity contribution in [3.8, 4) is 5.75 Å². The van der Waals surface area contributed by atoms with Crippen molar-refractivity contribution in [2.24, 2.45) is 0 Å². The first-order valence-corrected chi connectivity index (χ1v) is 6.26. The summed E-state index contributed by atoms with van der Waals surface area (Å²) in [5, 5.41) is 19.8. The molecule has 0 fully saturated rings. The first kappa shape index (κ1) is 12.9. The number of aliphatic hydroxyl groups is 1. The van der Waals surface area contributed by atoms with Crippen LogP contribution in [0.2, 0.25) is 0 Å². The number of phenols is 1. The van der Waals surface area contributed by atoms with Crippen molar-refractivity contribution in [3.05, 3.63) is 65.9 Å². The van der Waals surface area contributed by atoms with Crippen LogP contribution in [-0.2, 0) is 9.59 Å². The number of aromatic hydroxyl groups is 1. The van der Waals surface area contributed by atoms with E-state index in [0.29, 0.717) is 5.56 Å². The summed E-state index contributed by atoms with van der Waals surface area (Å²) in [4.78, 5) is 25.4. The Morgan fingerprint density at radius 1 is 0.762 bits per heavy atom. The highest BCUT2D eigenvalue weighted by molar-refractivity contribution is 6.45. The highest BCUT2D eigenvalue weighted by Crippen LogP contribution is 2.35.